The fourth-order valence-electron chi connectivity index (χ4n) is 2.48. The number of rotatable bonds is 4. The Morgan fingerprint density at radius 3 is 2.43 bits per heavy atom. The van der Waals surface area contributed by atoms with Gasteiger partial charge in [0.25, 0.3) is 0 Å². The third-order valence-electron chi connectivity index (χ3n) is 4.05. The summed E-state index contributed by atoms with van der Waals surface area (Å²) >= 11 is 0. The number of benzene rings is 2. The van der Waals surface area contributed by atoms with Crippen LogP contribution in [0.1, 0.15) is 22.3 Å². The number of nitrogens with one attached hydrogen (secondary N) is 1. The molecular weight excluding hydrogens is 288 g/mol. The predicted octanol–water partition coefficient (Wildman–Crippen LogP) is 3.97. The van der Waals surface area contributed by atoms with Gasteiger partial charge in [-0.15, -0.1) is 0 Å². The van der Waals surface area contributed by atoms with Crippen LogP contribution in [0.3, 0.4) is 0 Å². The van der Waals surface area contributed by atoms with Gasteiger partial charge in [0.05, 0.1) is 5.69 Å². The van der Waals surface area contributed by atoms with Crippen molar-refractivity contribution >= 4 is 11.7 Å². The molecule has 0 bridgehead atoms. The van der Waals surface area contributed by atoms with Crippen molar-refractivity contribution in [3.63, 3.8) is 0 Å². The second-order valence-corrected chi connectivity index (χ2v) is 5.73. The second kappa shape index (κ2) is 7.18. The first-order chi connectivity index (χ1) is 10.9. The number of amides is 2. The molecule has 122 valence electrons. The molecule has 1 N–H and O–H groups in total. The summed E-state index contributed by atoms with van der Waals surface area (Å²) in [4.78, 5) is 13.4. The van der Waals surface area contributed by atoms with Crippen LogP contribution in [0, 0.1) is 20.8 Å². The smallest absolute Gasteiger partial charge is 0.321 e. The molecule has 4 nitrogen and oxygen atoms in total. The Kier molecular flexibility index (Phi) is 5.27. The molecule has 2 amide bonds. The number of hydrogen-bond acceptors (Lipinski definition) is 2. The van der Waals surface area contributed by atoms with E-state index in [1.807, 2.05) is 31.2 Å². The van der Waals surface area contributed by atoms with Gasteiger partial charge < -0.3 is 10.1 Å². The van der Waals surface area contributed by atoms with Crippen molar-refractivity contribution in [3.8, 4) is 5.75 Å². The zero-order valence-corrected chi connectivity index (χ0v) is 14.4. The van der Waals surface area contributed by atoms with Crippen molar-refractivity contribution in [2.24, 2.45) is 0 Å². The monoisotopic (exact) mass is 312 g/mol. The summed E-state index contributed by atoms with van der Waals surface area (Å²) in [6.07, 6.45) is 0. The van der Waals surface area contributed by atoms with Crippen LogP contribution in [-0.2, 0) is 6.61 Å². The molecule has 0 aromatic heterocycles. The van der Waals surface area contributed by atoms with E-state index < -0.39 is 0 Å². The van der Waals surface area contributed by atoms with E-state index >= 15 is 0 Å². The standard InChI is InChI=1S/C19H24N2O2/c1-13-10-15(3)18(11-14(13)2)23-12-16-8-6-7-9-17(16)21(5)19(22)20-4/h6-11H,12H2,1-5H3,(H,20,22). The van der Waals surface area contributed by atoms with Crippen molar-refractivity contribution in [3.05, 3.63) is 58.7 Å². The number of nitrogens with zero attached hydrogens (tertiary/aromatic N) is 1. The lowest BCUT2D eigenvalue weighted by molar-refractivity contribution is 0.249. The molecule has 2 rings (SSSR count). The topological polar surface area (TPSA) is 41.6 Å². The van der Waals surface area contributed by atoms with Crippen LogP contribution in [0.25, 0.3) is 0 Å². The maximum atomic E-state index is 11.8. The Balaban J connectivity index is 2.22. The Labute approximate surface area is 138 Å². The molecule has 0 aliphatic carbocycles. The quantitative estimate of drug-likeness (QED) is 0.928. The van der Waals surface area contributed by atoms with E-state index in [2.05, 4.69) is 31.3 Å². The van der Waals surface area contributed by atoms with E-state index in [4.69, 9.17) is 4.74 Å². The molecule has 0 spiro atoms. The number of hydrogen-bond donors (Lipinski definition) is 1. The SMILES string of the molecule is CNC(=O)N(C)c1ccccc1COc1cc(C)c(C)cc1C. The molecule has 0 unspecified atom stereocenters. The van der Waals surface area contributed by atoms with Gasteiger partial charge in [0.1, 0.15) is 12.4 Å². The van der Waals surface area contributed by atoms with Gasteiger partial charge in [-0.2, -0.15) is 0 Å². The average Bonchev–Trinajstić information content (AvgIpc) is 2.55. The molecule has 0 heterocycles. The van der Waals surface area contributed by atoms with E-state index in [1.165, 1.54) is 11.1 Å². The molecule has 0 aliphatic rings. The third-order valence-corrected chi connectivity index (χ3v) is 4.05. The molecule has 4 heteroatoms. The normalized spacial score (nSPS) is 10.3. The van der Waals surface area contributed by atoms with Crippen molar-refractivity contribution in [2.45, 2.75) is 27.4 Å². The maximum absolute atomic E-state index is 11.8. The Bertz CT molecular complexity index is 711. The van der Waals surface area contributed by atoms with Crippen LogP contribution < -0.4 is 15.0 Å². The predicted molar refractivity (Wildman–Crippen MR) is 94.3 cm³/mol. The number of anilines is 1. The zero-order chi connectivity index (χ0) is 17.0. The van der Waals surface area contributed by atoms with Gasteiger partial charge in [-0.3, -0.25) is 4.90 Å². The van der Waals surface area contributed by atoms with Gasteiger partial charge >= 0.3 is 6.03 Å². The van der Waals surface area contributed by atoms with Crippen molar-refractivity contribution < 1.29 is 9.53 Å². The van der Waals surface area contributed by atoms with Gasteiger partial charge in [0.2, 0.25) is 0 Å². The van der Waals surface area contributed by atoms with E-state index in [0.717, 1.165) is 22.6 Å². The first kappa shape index (κ1) is 16.9. The molecule has 0 aliphatic heterocycles. The molecule has 0 fully saturated rings. The summed E-state index contributed by atoms with van der Waals surface area (Å²) in [5, 5.41) is 2.63. The number of para-hydroxylation sites is 1. The van der Waals surface area contributed by atoms with E-state index in [0.29, 0.717) is 6.61 Å². The zero-order valence-electron chi connectivity index (χ0n) is 14.4. The number of ether oxygens (including phenoxy) is 1. The van der Waals surface area contributed by atoms with E-state index in [-0.39, 0.29) is 6.03 Å². The number of urea groups is 1. The summed E-state index contributed by atoms with van der Waals surface area (Å²) in [5.74, 6) is 0.880. The fourth-order valence-corrected chi connectivity index (χ4v) is 2.48. The number of aryl methyl sites for hydroxylation is 3. The highest BCUT2D eigenvalue weighted by molar-refractivity contribution is 5.91. The second-order valence-electron chi connectivity index (χ2n) is 5.73. The third kappa shape index (κ3) is 3.83. The van der Waals surface area contributed by atoms with Crippen LogP contribution in [0.5, 0.6) is 5.75 Å². The molecule has 0 saturated carbocycles. The highest BCUT2D eigenvalue weighted by Gasteiger charge is 2.13. The Hall–Kier alpha value is -2.49. The van der Waals surface area contributed by atoms with Crippen molar-refractivity contribution in [1.82, 2.24) is 5.32 Å². The van der Waals surface area contributed by atoms with E-state index in [9.17, 15) is 4.79 Å². The van der Waals surface area contributed by atoms with Gasteiger partial charge in [0, 0.05) is 19.7 Å². The molecule has 0 atom stereocenters. The molecule has 23 heavy (non-hydrogen) atoms. The van der Waals surface area contributed by atoms with Crippen LogP contribution in [-0.4, -0.2) is 20.1 Å². The minimum atomic E-state index is -0.153. The molecular formula is C19H24N2O2. The lowest BCUT2D eigenvalue weighted by Gasteiger charge is -2.20. The Morgan fingerprint density at radius 1 is 1.09 bits per heavy atom. The summed E-state index contributed by atoms with van der Waals surface area (Å²) in [7, 11) is 3.37. The average molecular weight is 312 g/mol. The Morgan fingerprint density at radius 2 is 1.74 bits per heavy atom. The molecule has 2 aromatic rings. The molecule has 0 saturated heterocycles. The van der Waals surface area contributed by atoms with Crippen LogP contribution in [0.15, 0.2) is 36.4 Å². The lowest BCUT2D eigenvalue weighted by atomic mass is 10.1. The van der Waals surface area contributed by atoms with Crippen LogP contribution in [0.2, 0.25) is 0 Å². The summed E-state index contributed by atoms with van der Waals surface area (Å²) in [6, 6.07) is 11.8. The first-order valence-corrected chi connectivity index (χ1v) is 7.68. The minimum Gasteiger partial charge on any atom is -0.489 e. The van der Waals surface area contributed by atoms with Gasteiger partial charge in [-0.05, 0) is 49.6 Å². The van der Waals surface area contributed by atoms with Crippen LogP contribution >= 0.6 is 0 Å². The van der Waals surface area contributed by atoms with Gasteiger partial charge in [-0.25, -0.2) is 4.79 Å². The number of carbonyl (C=O) groups excluding carboxylic acids is 1. The minimum absolute atomic E-state index is 0.153. The van der Waals surface area contributed by atoms with E-state index in [1.54, 1.807) is 19.0 Å². The largest absolute Gasteiger partial charge is 0.489 e. The summed E-state index contributed by atoms with van der Waals surface area (Å²) in [6.45, 7) is 6.64. The highest BCUT2D eigenvalue weighted by atomic mass is 16.5. The van der Waals surface area contributed by atoms with Gasteiger partial charge in [-0.1, -0.05) is 24.3 Å². The van der Waals surface area contributed by atoms with Gasteiger partial charge in [0.15, 0.2) is 0 Å². The highest BCUT2D eigenvalue weighted by Crippen LogP contribution is 2.25. The fraction of sp³-hybridized carbons (Fsp3) is 0.316. The van der Waals surface area contributed by atoms with Crippen LogP contribution in [0.4, 0.5) is 10.5 Å². The lowest BCUT2D eigenvalue weighted by Crippen LogP contribution is -2.35. The van der Waals surface area contributed by atoms with Crippen molar-refractivity contribution in [1.29, 1.82) is 0 Å². The first-order valence-electron chi connectivity index (χ1n) is 7.68. The number of carbonyl (C=O) groups is 1. The maximum Gasteiger partial charge on any atom is 0.321 e. The molecule has 2 aromatic carbocycles. The molecule has 0 radical (unpaired) electrons. The summed E-state index contributed by atoms with van der Waals surface area (Å²) < 4.78 is 6.00. The van der Waals surface area contributed by atoms with Crippen molar-refractivity contribution in [2.75, 3.05) is 19.0 Å². The summed E-state index contributed by atoms with van der Waals surface area (Å²) in [5.41, 5.74) is 5.39.